The summed E-state index contributed by atoms with van der Waals surface area (Å²) in [6, 6.07) is 8.05. The molecule has 0 aliphatic heterocycles. The largest absolute Gasteiger partial charge is 0.497 e. The summed E-state index contributed by atoms with van der Waals surface area (Å²) in [6.45, 7) is 2.04. The maximum atomic E-state index is 5.33. The zero-order valence-electron chi connectivity index (χ0n) is 12.3. The fourth-order valence-electron chi connectivity index (χ4n) is 2.26. The molecule has 0 radical (unpaired) electrons. The molecule has 0 saturated heterocycles. The van der Waals surface area contributed by atoms with Crippen molar-refractivity contribution < 1.29 is 9.47 Å². The zero-order chi connectivity index (χ0) is 14.5. The highest BCUT2D eigenvalue weighted by Gasteiger charge is 2.15. The summed E-state index contributed by atoms with van der Waals surface area (Å²) in [4.78, 5) is 4.26. The molecule has 4 nitrogen and oxygen atoms in total. The number of hydrogen-bond acceptors (Lipinski definition) is 4. The first-order chi connectivity index (χ1) is 9.67. The van der Waals surface area contributed by atoms with Crippen LogP contribution in [0.1, 0.15) is 22.7 Å². The van der Waals surface area contributed by atoms with Gasteiger partial charge in [-0.1, -0.05) is 6.07 Å². The smallest absolute Gasteiger partial charge is 0.122 e. The molecular formula is C16H20N2O2. The number of rotatable bonds is 5. The van der Waals surface area contributed by atoms with Crippen LogP contribution in [0.2, 0.25) is 0 Å². The van der Waals surface area contributed by atoms with Crippen molar-refractivity contribution in [3.63, 3.8) is 0 Å². The standard InChI is InChI=1S/C16H20N2O2/c1-11-5-13(10-18-9-11)16(17-2)12-6-14(19-3)8-15(7-12)20-4/h5-10,16-17H,1-4H3. The Morgan fingerprint density at radius 1 is 0.950 bits per heavy atom. The van der Waals surface area contributed by atoms with Gasteiger partial charge in [-0.25, -0.2) is 0 Å². The van der Waals surface area contributed by atoms with Crippen molar-refractivity contribution in [2.75, 3.05) is 21.3 Å². The Labute approximate surface area is 119 Å². The van der Waals surface area contributed by atoms with Crippen molar-refractivity contribution in [2.24, 2.45) is 0 Å². The number of nitrogens with one attached hydrogen (secondary N) is 1. The molecule has 2 aromatic rings. The molecule has 4 heteroatoms. The van der Waals surface area contributed by atoms with Gasteiger partial charge in [0.05, 0.1) is 20.3 Å². The molecule has 0 saturated carbocycles. The highest BCUT2D eigenvalue weighted by Crippen LogP contribution is 2.29. The highest BCUT2D eigenvalue weighted by molar-refractivity contribution is 5.43. The number of benzene rings is 1. The highest BCUT2D eigenvalue weighted by atomic mass is 16.5. The van der Waals surface area contributed by atoms with Crippen molar-refractivity contribution >= 4 is 0 Å². The quantitative estimate of drug-likeness (QED) is 0.909. The van der Waals surface area contributed by atoms with Crippen molar-refractivity contribution in [3.05, 3.63) is 53.3 Å². The monoisotopic (exact) mass is 272 g/mol. The van der Waals surface area contributed by atoms with Gasteiger partial charge in [0.25, 0.3) is 0 Å². The Kier molecular flexibility index (Phi) is 4.58. The number of hydrogen-bond donors (Lipinski definition) is 1. The topological polar surface area (TPSA) is 43.4 Å². The van der Waals surface area contributed by atoms with Gasteiger partial charge in [-0.05, 0) is 42.8 Å². The summed E-state index contributed by atoms with van der Waals surface area (Å²) in [6.07, 6.45) is 3.72. The lowest BCUT2D eigenvalue weighted by atomic mass is 9.99. The van der Waals surface area contributed by atoms with Crippen LogP contribution in [0.25, 0.3) is 0 Å². The number of aryl methyl sites for hydroxylation is 1. The molecule has 2 rings (SSSR count). The second-order valence-corrected chi connectivity index (χ2v) is 4.66. The Morgan fingerprint density at radius 2 is 1.60 bits per heavy atom. The average Bonchev–Trinajstić information content (AvgIpc) is 2.47. The van der Waals surface area contributed by atoms with Gasteiger partial charge in [0.15, 0.2) is 0 Å². The second-order valence-electron chi connectivity index (χ2n) is 4.66. The third-order valence-corrected chi connectivity index (χ3v) is 3.23. The van der Waals surface area contributed by atoms with E-state index in [0.717, 1.165) is 28.2 Å². The summed E-state index contributed by atoms with van der Waals surface area (Å²) >= 11 is 0. The van der Waals surface area contributed by atoms with Crippen LogP contribution >= 0.6 is 0 Å². The van der Waals surface area contributed by atoms with Crippen molar-refractivity contribution in [3.8, 4) is 11.5 Å². The summed E-state index contributed by atoms with van der Waals surface area (Å²) in [7, 11) is 5.24. The molecule has 1 atom stereocenters. The van der Waals surface area contributed by atoms with Crippen molar-refractivity contribution in [1.82, 2.24) is 10.3 Å². The molecular weight excluding hydrogens is 252 g/mol. The predicted molar refractivity (Wildman–Crippen MR) is 79.4 cm³/mol. The Bertz CT molecular complexity index is 562. The van der Waals surface area contributed by atoms with Gasteiger partial charge in [0.1, 0.15) is 11.5 Å². The Balaban J connectivity index is 2.45. The van der Waals surface area contributed by atoms with E-state index in [-0.39, 0.29) is 6.04 Å². The molecule has 0 aliphatic carbocycles. The van der Waals surface area contributed by atoms with E-state index in [0.29, 0.717) is 0 Å². The fourth-order valence-corrected chi connectivity index (χ4v) is 2.26. The summed E-state index contributed by atoms with van der Waals surface area (Å²) in [5.74, 6) is 1.56. The number of pyridine rings is 1. The first-order valence-electron chi connectivity index (χ1n) is 6.49. The SMILES string of the molecule is CNC(c1cncc(C)c1)c1cc(OC)cc(OC)c1. The molecule has 20 heavy (non-hydrogen) atoms. The van der Waals surface area contributed by atoms with Crippen molar-refractivity contribution in [2.45, 2.75) is 13.0 Å². The van der Waals surface area contributed by atoms with Crippen LogP contribution in [0.15, 0.2) is 36.7 Å². The summed E-state index contributed by atoms with van der Waals surface area (Å²) in [5, 5.41) is 3.31. The fraction of sp³-hybridized carbons (Fsp3) is 0.312. The summed E-state index contributed by atoms with van der Waals surface area (Å²) < 4.78 is 10.7. The molecule has 0 bridgehead atoms. The van der Waals surface area contributed by atoms with Gasteiger partial charge in [-0.3, -0.25) is 4.98 Å². The number of ether oxygens (including phenoxy) is 2. The van der Waals surface area contributed by atoms with E-state index >= 15 is 0 Å². The van der Waals surface area contributed by atoms with Gasteiger partial charge in [-0.15, -0.1) is 0 Å². The first-order valence-corrected chi connectivity index (χ1v) is 6.49. The molecule has 1 unspecified atom stereocenters. The average molecular weight is 272 g/mol. The van der Waals surface area contributed by atoms with Gasteiger partial charge in [-0.2, -0.15) is 0 Å². The van der Waals surface area contributed by atoms with Gasteiger partial charge >= 0.3 is 0 Å². The van der Waals surface area contributed by atoms with Crippen LogP contribution in [0.3, 0.4) is 0 Å². The number of methoxy groups -OCH3 is 2. The maximum Gasteiger partial charge on any atom is 0.122 e. The van der Waals surface area contributed by atoms with Gasteiger partial charge < -0.3 is 14.8 Å². The maximum absolute atomic E-state index is 5.33. The molecule has 1 heterocycles. The molecule has 1 aromatic carbocycles. The van der Waals surface area contributed by atoms with Gasteiger partial charge in [0.2, 0.25) is 0 Å². The molecule has 0 amide bonds. The molecule has 0 aliphatic rings. The van der Waals surface area contributed by atoms with Crippen molar-refractivity contribution in [1.29, 1.82) is 0 Å². The summed E-state index contributed by atoms with van der Waals surface area (Å²) in [5.41, 5.74) is 3.33. The molecule has 0 spiro atoms. The Morgan fingerprint density at radius 3 is 2.10 bits per heavy atom. The first kappa shape index (κ1) is 14.3. The predicted octanol–water partition coefficient (Wildman–Crippen LogP) is 2.72. The lowest BCUT2D eigenvalue weighted by Gasteiger charge is -2.19. The number of aromatic nitrogens is 1. The lowest BCUT2D eigenvalue weighted by molar-refractivity contribution is 0.392. The van der Waals surface area contributed by atoms with Gasteiger partial charge in [0, 0.05) is 18.5 Å². The van der Waals surface area contributed by atoms with E-state index in [1.165, 1.54) is 0 Å². The molecule has 0 fully saturated rings. The minimum atomic E-state index is 0.0476. The molecule has 106 valence electrons. The van der Waals surface area contributed by atoms with Crippen LogP contribution in [-0.4, -0.2) is 26.3 Å². The van der Waals surface area contributed by atoms with Crippen LogP contribution in [0, 0.1) is 6.92 Å². The van der Waals surface area contributed by atoms with Crippen LogP contribution in [-0.2, 0) is 0 Å². The van der Waals surface area contributed by atoms with E-state index in [2.05, 4.69) is 16.4 Å². The molecule has 1 N–H and O–H groups in total. The van der Waals surface area contributed by atoms with Crippen LogP contribution < -0.4 is 14.8 Å². The van der Waals surface area contributed by atoms with Crippen LogP contribution in [0.5, 0.6) is 11.5 Å². The molecule has 1 aromatic heterocycles. The number of nitrogens with zero attached hydrogens (tertiary/aromatic N) is 1. The van der Waals surface area contributed by atoms with E-state index in [9.17, 15) is 0 Å². The van der Waals surface area contributed by atoms with Crippen LogP contribution in [0.4, 0.5) is 0 Å². The second kappa shape index (κ2) is 6.39. The third kappa shape index (κ3) is 3.08. The van der Waals surface area contributed by atoms with E-state index in [4.69, 9.17) is 9.47 Å². The van der Waals surface area contributed by atoms with E-state index in [1.54, 1.807) is 14.2 Å². The normalized spacial score (nSPS) is 12.0. The minimum Gasteiger partial charge on any atom is -0.497 e. The third-order valence-electron chi connectivity index (χ3n) is 3.23. The van der Waals surface area contributed by atoms with E-state index in [1.807, 2.05) is 44.6 Å². The zero-order valence-corrected chi connectivity index (χ0v) is 12.3. The van der Waals surface area contributed by atoms with E-state index < -0.39 is 0 Å². The Hall–Kier alpha value is -2.07. The lowest BCUT2D eigenvalue weighted by Crippen LogP contribution is -2.18. The minimum absolute atomic E-state index is 0.0476.